The molecule has 0 spiro atoms. The molecule has 0 radical (unpaired) electrons. The van der Waals surface area contributed by atoms with Crippen molar-refractivity contribution in [1.82, 2.24) is 5.43 Å². The molecule has 146 valence electrons. The van der Waals surface area contributed by atoms with E-state index in [4.69, 9.17) is 4.74 Å². The second-order valence-corrected chi connectivity index (χ2v) is 6.11. The molecule has 0 heterocycles. The summed E-state index contributed by atoms with van der Waals surface area (Å²) >= 11 is 0. The SMILES string of the molecule is COC(=O)c1ccc(COc2ccc(/C=N\NC(=O)c3ccccc3)cc2)cc1. The fourth-order valence-electron chi connectivity index (χ4n) is 2.49. The van der Waals surface area contributed by atoms with Crippen LogP contribution < -0.4 is 10.2 Å². The molecule has 3 aromatic carbocycles. The maximum Gasteiger partial charge on any atom is 0.337 e. The molecule has 0 aliphatic rings. The normalized spacial score (nSPS) is 10.5. The number of esters is 1. The average molecular weight is 388 g/mol. The van der Waals surface area contributed by atoms with Gasteiger partial charge in [0.05, 0.1) is 18.9 Å². The molecule has 3 aromatic rings. The minimum atomic E-state index is -0.366. The van der Waals surface area contributed by atoms with Gasteiger partial charge in [0.15, 0.2) is 0 Å². The Hall–Kier alpha value is -3.93. The van der Waals surface area contributed by atoms with Crippen LogP contribution in [0.25, 0.3) is 0 Å². The summed E-state index contributed by atoms with van der Waals surface area (Å²) in [4.78, 5) is 23.3. The van der Waals surface area contributed by atoms with Crippen LogP contribution >= 0.6 is 0 Å². The van der Waals surface area contributed by atoms with Gasteiger partial charge in [0.25, 0.3) is 5.91 Å². The first-order valence-electron chi connectivity index (χ1n) is 8.94. The number of carbonyl (C=O) groups excluding carboxylic acids is 2. The van der Waals surface area contributed by atoms with Crippen molar-refractivity contribution in [3.05, 3.63) is 101 Å². The summed E-state index contributed by atoms with van der Waals surface area (Å²) in [5, 5.41) is 3.97. The lowest BCUT2D eigenvalue weighted by Gasteiger charge is -2.07. The van der Waals surface area contributed by atoms with Crippen LogP contribution in [-0.4, -0.2) is 25.2 Å². The van der Waals surface area contributed by atoms with Crippen LogP contribution in [-0.2, 0) is 11.3 Å². The Kier molecular flexibility index (Phi) is 6.73. The van der Waals surface area contributed by atoms with Crippen molar-refractivity contribution in [3.8, 4) is 5.75 Å². The predicted molar refractivity (Wildman–Crippen MR) is 110 cm³/mol. The zero-order valence-electron chi connectivity index (χ0n) is 15.9. The van der Waals surface area contributed by atoms with E-state index in [0.717, 1.165) is 11.1 Å². The number of hydrogen-bond donors (Lipinski definition) is 1. The number of hydrogen-bond acceptors (Lipinski definition) is 5. The largest absolute Gasteiger partial charge is 0.489 e. The van der Waals surface area contributed by atoms with E-state index in [-0.39, 0.29) is 11.9 Å². The van der Waals surface area contributed by atoms with Gasteiger partial charge in [-0.25, -0.2) is 10.2 Å². The van der Waals surface area contributed by atoms with Crippen LogP contribution in [0.5, 0.6) is 5.75 Å². The molecule has 3 rings (SSSR count). The molecule has 6 heteroatoms. The summed E-state index contributed by atoms with van der Waals surface area (Å²) in [6, 6.07) is 23.3. The van der Waals surface area contributed by atoms with Gasteiger partial charge in [0.1, 0.15) is 12.4 Å². The smallest absolute Gasteiger partial charge is 0.337 e. The van der Waals surface area contributed by atoms with Gasteiger partial charge in [-0.2, -0.15) is 5.10 Å². The van der Waals surface area contributed by atoms with Crippen molar-refractivity contribution in [2.24, 2.45) is 5.10 Å². The third-order valence-electron chi connectivity index (χ3n) is 4.08. The van der Waals surface area contributed by atoms with Crippen LogP contribution in [0.4, 0.5) is 0 Å². The lowest BCUT2D eigenvalue weighted by Crippen LogP contribution is -2.17. The van der Waals surface area contributed by atoms with Crippen molar-refractivity contribution in [2.45, 2.75) is 6.61 Å². The minimum Gasteiger partial charge on any atom is -0.489 e. The number of carbonyl (C=O) groups is 2. The molecule has 0 saturated carbocycles. The highest BCUT2D eigenvalue weighted by molar-refractivity contribution is 5.94. The number of ether oxygens (including phenoxy) is 2. The molecule has 1 amide bonds. The van der Waals surface area contributed by atoms with Crippen molar-refractivity contribution < 1.29 is 19.1 Å². The molecule has 0 saturated heterocycles. The molecular formula is C23H20N2O4. The van der Waals surface area contributed by atoms with Crippen LogP contribution in [0.15, 0.2) is 84.0 Å². The van der Waals surface area contributed by atoms with Crippen molar-refractivity contribution in [1.29, 1.82) is 0 Å². The van der Waals surface area contributed by atoms with Crippen LogP contribution in [0, 0.1) is 0 Å². The Morgan fingerprint density at radius 2 is 1.59 bits per heavy atom. The number of benzene rings is 3. The van der Waals surface area contributed by atoms with Crippen molar-refractivity contribution in [3.63, 3.8) is 0 Å². The second-order valence-electron chi connectivity index (χ2n) is 6.11. The number of amides is 1. The molecule has 0 unspecified atom stereocenters. The van der Waals surface area contributed by atoms with Crippen LogP contribution in [0.2, 0.25) is 0 Å². The van der Waals surface area contributed by atoms with E-state index in [9.17, 15) is 9.59 Å². The van der Waals surface area contributed by atoms with Crippen molar-refractivity contribution >= 4 is 18.1 Å². The van der Waals surface area contributed by atoms with Gasteiger partial charge < -0.3 is 9.47 Å². The molecule has 29 heavy (non-hydrogen) atoms. The van der Waals surface area contributed by atoms with Crippen LogP contribution in [0.1, 0.15) is 31.8 Å². The van der Waals surface area contributed by atoms with E-state index in [2.05, 4.69) is 15.3 Å². The summed E-state index contributed by atoms with van der Waals surface area (Å²) < 4.78 is 10.4. The molecule has 0 aliphatic carbocycles. The Bertz CT molecular complexity index is 982. The number of rotatable bonds is 7. The van der Waals surface area contributed by atoms with Gasteiger partial charge in [0.2, 0.25) is 0 Å². The predicted octanol–water partition coefficient (Wildman–Crippen LogP) is 3.82. The number of nitrogens with zero attached hydrogens (tertiary/aromatic N) is 1. The highest BCUT2D eigenvalue weighted by Crippen LogP contribution is 2.14. The molecule has 0 aromatic heterocycles. The maximum absolute atomic E-state index is 11.9. The zero-order chi connectivity index (χ0) is 20.5. The molecule has 6 nitrogen and oxygen atoms in total. The summed E-state index contributed by atoms with van der Waals surface area (Å²) in [7, 11) is 1.35. The van der Waals surface area contributed by atoms with Gasteiger partial charge in [-0.05, 0) is 59.7 Å². The topological polar surface area (TPSA) is 77.0 Å². The summed E-state index contributed by atoms with van der Waals surface area (Å²) in [6.45, 7) is 0.377. The third kappa shape index (κ3) is 5.77. The van der Waals surface area contributed by atoms with Crippen LogP contribution in [0.3, 0.4) is 0 Å². The van der Waals surface area contributed by atoms with Gasteiger partial charge in [0, 0.05) is 5.56 Å². The van der Waals surface area contributed by atoms with Gasteiger partial charge >= 0.3 is 5.97 Å². The minimum absolute atomic E-state index is 0.264. The Balaban J connectivity index is 1.49. The lowest BCUT2D eigenvalue weighted by molar-refractivity contribution is 0.0600. The zero-order valence-corrected chi connectivity index (χ0v) is 15.9. The fourth-order valence-corrected chi connectivity index (χ4v) is 2.49. The molecule has 0 fully saturated rings. The van der Waals surface area contributed by atoms with Gasteiger partial charge in [-0.1, -0.05) is 30.3 Å². The highest BCUT2D eigenvalue weighted by atomic mass is 16.5. The number of methoxy groups -OCH3 is 1. The lowest BCUT2D eigenvalue weighted by atomic mass is 10.1. The van der Waals surface area contributed by atoms with Gasteiger partial charge in [-0.15, -0.1) is 0 Å². The van der Waals surface area contributed by atoms with E-state index >= 15 is 0 Å². The third-order valence-corrected chi connectivity index (χ3v) is 4.08. The summed E-state index contributed by atoms with van der Waals surface area (Å²) in [5.41, 5.74) is 5.30. The van der Waals surface area contributed by atoms with E-state index in [1.807, 2.05) is 42.5 Å². The summed E-state index contributed by atoms with van der Waals surface area (Å²) in [5.74, 6) is 0.0715. The molecule has 0 atom stereocenters. The first-order valence-corrected chi connectivity index (χ1v) is 8.94. The van der Waals surface area contributed by atoms with E-state index in [0.29, 0.717) is 23.5 Å². The maximum atomic E-state index is 11.9. The first kappa shape index (κ1) is 19.8. The van der Waals surface area contributed by atoms with Gasteiger partial charge in [-0.3, -0.25) is 4.79 Å². The average Bonchev–Trinajstić information content (AvgIpc) is 2.79. The Labute approximate surface area is 168 Å². The molecule has 1 N–H and O–H groups in total. The quantitative estimate of drug-likeness (QED) is 0.379. The van der Waals surface area contributed by atoms with E-state index in [1.165, 1.54) is 7.11 Å². The standard InChI is InChI=1S/C23H20N2O4/c1-28-23(27)20-11-7-18(8-12-20)16-29-21-13-9-17(10-14-21)15-24-25-22(26)19-5-3-2-4-6-19/h2-15H,16H2,1H3,(H,25,26)/b24-15-. The number of hydrazone groups is 1. The van der Waals surface area contributed by atoms with Crippen molar-refractivity contribution in [2.75, 3.05) is 7.11 Å². The van der Waals surface area contributed by atoms with E-state index in [1.54, 1.807) is 42.6 Å². The number of nitrogens with one attached hydrogen (secondary N) is 1. The van der Waals surface area contributed by atoms with E-state index < -0.39 is 0 Å². The first-order chi connectivity index (χ1) is 14.2. The highest BCUT2D eigenvalue weighted by Gasteiger charge is 2.05. The second kappa shape index (κ2) is 9.85. The Morgan fingerprint density at radius 3 is 2.24 bits per heavy atom. The monoisotopic (exact) mass is 388 g/mol. The molecule has 0 aliphatic heterocycles. The Morgan fingerprint density at radius 1 is 0.897 bits per heavy atom. The molecular weight excluding hydrogens is 368 g/mol. The molecule has 0 bridgehead atoms. The fraction of sp³-hybridized carbons (Fsp3) is 0.0870. The summed E-state index contributed by atoms with van der Waals surface area (Å²) in [6.07, 6.45) is 1.57.